The predicted molar refractivity (Wildman–Crippen MR) is 96.5 cm³/mol. The Morgan fingerprint density at radius 1 is 1.17 bits per heavy atom. The van der Waals surface area contributed by atoms with Crippen LogP contribution in [0.5, 0.6) is 0 Å². The second-order valence-corrected chi connectivity index (χ2v) is 7.48. The van der Waals surface area contributed by atoms with Crippen LogP contribution < -0.4 is 5.32 Å². The molecule has 0 saturated carbocycles. The minimum Gasteiger partial charge on any atom is -0.314 e. The summed E-state index contributed by atoms with van der Waals surface area (Å²) in [5.41, 5.74) is 0.865. The molecule has 0 aliphatic carbocycles. The van der Waals surface area contributed by atoms with Crippen LogP contribution in [0.4, 0.5) is 10.9 Å². The minimum absolute atomic E-state index is 0.456. The van der Waals surface area contributed by atoms with E-state index in [1.54, 1.807) is 31.0 Å². The zero-order valence-electron chi connectivity index (χ0n) is 12.9. The SMILES string of the molecule is Cc1nsc(Nc2ncnc3ccc(S[N+]4(C)C=NN=C4)cc23)n1. The Morgan fingerprint density at radius 3 is 2.75 bits per heavy atom. The molecule has 10 heteroatoms. The van der Waals surface area contributed by atoms with Gasteiger partial charge in [0.1, 0.15) is 29.9 Å². The van der Waals surface area contributed by atoms with Crippen LogP contribution in [0.1, 0.15) is 5.82 Å². The van der Waals surface area contributed by atoms with E-state index in [0.717, 1.165) is 21.6 Å². The molecule has 1 aliphatic heterocycles. The van der Waals surface area contributed by atoms with Gasteiger partial charge in [-0.3, -0.25) is 0 Å². The van der Waals surface area contributed by atoms with Crippen LogP contribution in [0.15, 0.2) is 39.6 Å². The van der Waals surface area contributed by atoms with Crippen molar-refractivity contribution in [3.8, 4) is 0 Å². The third-order valence-corrected chi connectivity index (χ3v) is 5.06. The molecule has 4 rings (SSSR count). The maximum absolute atomic E-state index is 4.35. The molecular weight excluding hydrogens is 344 g/mol. The molecule has 24 heavy (non-hydrogen) atoms. The topological polar surface area (TPSA) is 88.3 Å². The number of rotatable bonds is 4. The molecule has 1 aromatic carbocycles. The van der Waals surface area contributed by atoms with Gasteiger partial charge in [-0.25, -0.2) is 15.0 Å². The summed E-state index contributed by atoms with van der Waals surface area (Å²) in [6, 6.07) is 6.06. The van der Waals surface area contributed by atoms with E-state index in [4.69, 9.17) is 0 Å². The number of hydrogen-bond acceptors (Lipinski definition) is 9. The van der Waals surface area contributed by atoms with Crippen molar-refractivity contribution in [3.63, 3.8) is 0 Å². The van der Waals surface area contributed by atoms with Crippen LogP contribution >= 0.6 is 23.5 Å². The summed E-state index contributed by atoms with van der Waals surface area (Å²) >= 11 is 2.92. The van der Waals surface area contributed by atoms with Crippen LogP contribution in [0.3, 0.4) is 0 Å². The number of fused-ring (bicyclic) bond motifs is 1. The highest BCUT2D eigenvalue weighted by Crippen LogP contribution is 2.32. The lowest BCUT2D eigenvalue weighted by molar-refractivity contribution is -0.540. The molecule has 3 aromatic rings. The van der Waals surface area contributed by atoms with Gasteiger partial charge in [-0.05, 0) is 25.1 Å². The minimum atomic E-state index is 0.456. The molecule has 3 heterocycles. The average molecular weight is 357 g/mol. The normalized spacial score (nSPS) is 15.2. The Labute approximate surface area is 146 Å². The lowest BCUT2D eigenvalue weighted by atomic mass is 10.2. The summed E-state index contributed by atoms with van der Waals surface area (Å²) in [5.74, 6) is 1.45. The third kappa shape index (κ3) is 2.98. The van der Waals surface area contributed by atoms with E-state index in [-0.39, 0.29) is 0 Å². The number of aryl methyl sites for hydroxylation is 1. The van der Waals surface area contributed by atoms with Crippen molar-refractivity contribution in [3.05, 3.63) is 30.4 Å². The molecule has 0 spiro atoms. The first kappa shape index (κ1) is 15.1. The van der Waals surface area contributed by atoms with Crippen molar-refractivity contribution in [2.24, 2.45) is 10.2 Å². The van der Waals surface area contributed by atoms with E-state index in [1.165, 1.54) is 11.5 Å². The first-order valence-corrected chi connectivity index (χ1v) is 8.62. The molecule has 1 aliphatic rings. The molecule has 0 radical (unpaired) electrons. The van der Waals surface area contributed by atoms with Crippen molar-refractivity contribution >= 4 is 58.0 Å². The molecule has 0 fully saturated rings. The van der Waals surface area contributed by atoms with Crippen molar-refractivity contribution in [1.29, 1.82) is 0 Å². The van der Waals surface area contributed by atoms with E-state index < -0.39 is 0 Å². The molecule has 0 amide bonds. The molecule has 120 valence electrons. The third-order valence-electron chi connectivity index (χ3n) is 3.29. The van der Waals surface area contributed by atoms with Crippen molar-refractivity contribution in [2.45, 2.75) is 11.8 Å². The second kappa shape index (κ2) is 5.89. The number of benzene rings is 1. The highest BCUT2D eigenvalue weighted by Gasteiger charge is 2.25. The van der Waals surface area contributed by atoms with Gasteiger partial charge < -0.3 is 5.32 Å². The van der Waals surface area contributed by atoms with E-state index >= 15 is 0 Å². The number of aromatic nitrogens is 4. The summed E-state index contributed by atoms with van der Waals surface area (Å²) in [7, 11) is 2.01. The summed E-state index contributed by atoms with van der Waals surface area (Å²) < 4.78 is 4.63. The molecule has 0 bridgehead atoms. The first-order chi connectivity index (χ1) is 11.6. The molecule has 8 nitrogen and oxygen atoms in total. The first-order valence-electron chi connectivity index (χ1n) is 7.08. The monoisotopic (exact) mass is 357 g/mol. The van der Waals surface area contributed by atoms with Gasteiger partial charge in [0, 0.05) is 16.9 Å². The van der Waals surface area contributed by atoms with Crippen molar-refractivity contribution < 1.29 is 3.89 Å². The number of hydrogen-bond donors (Lipinski definition) is 1. The molecule has 0 atom stereocenters. The van der Waals surface area contributed by atoms with Crippen LogP contribution in [-0.2, 0) is 0 Å². The fourth-order valence-electron chi connectivity index (χ4n) is 2.21. The smallest absolute Gasteiger partial charge is 0.227 e. The van der Waals surface area contributed by atoms with Gasteiger partial charge >= 0.3 is 0 Å². The molecule has 0 saturated heterocycles. The number of nitrogens with zero attached hydrogens (tertiary/aromatic N) is 7. The summed E-state index contributed by atoms with van der Waals surface area (Å²) in [6.45, 7) is 1.86. The van der Waals surface area contributed by atoms with Crippen molar-refractivity contribution in [2.75, 3.05) is 12.4 Å². The Hall–Kier alpha value is -2.43. The quantitative estimate of drug-likeness (QED) is 0.570. The Morgan fingerprint density at radius 2 is 2.00 bits per heavy atom. The fraction of sp³-hybridized carbons (Fsp3) is 0.143. The predicted octanol–water partition coefficient (Wildman–Crippen LogP) is 2.97. The summed E-state index contributed by atoms with van der Waals surface area (Å²) in [5, 5.41) is 12.7. The number of anilines is 2. The maximum atomic E-state index is 4.35. The van der Waals surface area contributed by atoms with Crippen LogP contribution in [0.25, 0.3) is 10.9 Å². The summed E-state index contributed by atoms with van der Waals surface area (Å²) in [4.78, 5) is 14.1. The van der Waals surface area contributed by atoms with Gasteiger partial charge in [0.15, 0.2) is 0 Å². The van der Waals surface area contributed by atoms with E-state index in [2.05, 4.69) is 40.9 Å². The Bertz CT molecular complexity index is 952. The molecule has 2 aromatic heterocycles. The van der Waals surface area contributed by atoms with E-state index in [9.17, 15) is 0 Å². The lowest BCUT2D eigenvalue weighted by Crippen LogP contribution is -2.30. The van der Waals surface area contributed by atoms with Crippen molar-refractivity contribution in [1.82, 2.24) is 19.3 Å². The second-order valence-electron chi connectivity index (χ2n) is 5.29. The average Bonchev–Trinajstić information content (AvgIpc) is 3.17. The van der Waals surface area contributed by atoms with E-state index in [1.807, 2.05) is 26.1 Å². The van der Waals surface area contributed by atoms with Gasteiger partial charge in [0.2, 0.25) is 17.8 Å². The Balaban J connectivity index is 1.70. The van der Waals surface area contributed by atoms with Gasteiger partial charge in [-0.2, -0.15) is 8.26 Å². The van der Waals surface area contributed by atoms with E-state index in [0.29, 0.717) is 14.8 Å². The maximum Gasteiger partial charge on any atom is 0.227 e. The van der Waals surface area contributed by atoms with Crippen LogP contribution in [0, 0.1) is 6.92 Å². The van der Waals surface area contributed by atoms with Gasteiger partial charge in [0.25, 0.3) is 0 Å². The van der Waals surface area contributed by atoms with Gasteiger partial charge in [-0.15, -0.1) is 0 Å². The zero-order chi connectivity index (χ0) is 16.6. The number of nitrogens with one attached hydrogen (secondary N) is 1. The summed E-state index contributed by atoms with van der Waals surface area (Å²) in [6.07, 6.45) is 5.10. The van der Waals surface area contributed by atoms with Crippen LogP contribution in [0.2, 0.25) is 0 Å². The molecular formula is C14H13N8S2+. The fourth-order valence-corrected chi connectivity index (χ4v) is 3.72. The molecule has 0 unspecified atom stereocenters. The number of quaternary nitrogens is 1. The highest BCUT2D eigenvalue weighted by molar-refractivity contribution is 7.94. The van der Waals surface area contributed by atoms with Crippen LogP contribution in [-0.4, -0.2) is 42.9 Å². The van der Waals surface area contributed by atoms with Gasteiger partial charge in [0.05, 0.1) is 17.5 Å². The molecule has 1 N–H and O–H groups in total. The largest absolute Gasteiger partial charge is 0.314 e. The zero-order valence-corrected chi connectivity index (χ0v) is 14.5. The van der Waals surface area contributed by atoms with Gasteiger partial charge in [-0.1, -0.05) is 10.2 Å². The lowest BCUT2D eigenvalue weighted by Gasteiger charge is -2.16. The standard InChI is InChI=1S/C14H13N8S2/c1-9-19-14(23-21-9)20-13-11-5-10(3-4-12(11)15-6-16-13)24-22(2)7-17-18-8-22/h3-8H,1-2H3,(H,15,16,19,20,21)/q+1. The Kier molecular flexibility index (Phi) is 3.71. The highest BCUT2D eigenvalue weighted by atomic mass is 32.2.